The Balaban J connectivity index is 1.14. The minimum Gasteiger partial charge on any atom is -0.337 e. The van der Waals surface area contributed by atoms with Crippen LogP contribution in [0.2, 0.25) is 0 Å². The van der Waals surface area contributed by atoms with Crippen LogP contribution in [-0.4, -0.2) is 59.9 Å². The normalized spacial score (nSPS) is 17.8. The van der Waals surface area contributed by atoms with Gasteiger partial charge in [-0.3, -0.25) is 14.6 Å². The largest absolute Gasteiger partial charge is 0.337 e. The zero-order valence-corrected chi connectivity index (χ0v) is 17.5. The van der Waals surface area contributed by atoms with Gasteiger partial charge in [0.15, 0.2) is 0 Å². The molecule has 0 spiro atoms. The Morgan fingerprint density at radius 1 is 0.733 bits per heavy atom. The Morgan fingerprint density at radius 3 is 2.30 bits per heavy atom. The second kappa shape index (κ2) is 8.58. The van der Waals surface area contributed by atoms with E-state index in [2.05, 4.69) is 76.5 Å². The summed E-state index contributed by atoms with van der Waals surface area (Å²) in [6.07, 6.45) is 0.973. The number of nitrogens with zero attached hydrogens (tertiary/aromatic N) is 3. The molecule has 1 saturated heterocycles. The van der Waals surface area contributed by atoms with Crippen LogP contribution in [-0.2, 0) is 24.3 Å². The minimum absolute atomic E-state index is 0.270. The molecule has 1 amide bonds. The predicted octanol–water partition coefficient (Wildman–Crippen LogP) is 3.54. The molecule has 0 unspecified atom stereocenters. The van der Waals surface area contributed by atoms with Crippen molar-refractivity contribution in [1.29, 1.82) is 0 Å². The molecule has 0 radical (unpaired) electrons. The van der Waals surface area contributed by atoms with Crippen molar-refractivity contribution in [3.05, 3.63) is 83.4 Å². The van der Waals surface area contributed by atoms with Crippen molar-refractivity contribution < 1.29 is 4.79 Å². The van der Waals surface area contributed by atoms with E-state index in [9.17, 15) is 4.79 Å². The van der Waals surface area contributed by atoms with Crippen LogP contribution in [0.5, 0.6) is 0 Å². The molecule has 0 aliphatic carbocycles. The molecule has 0 aromatic heterocycles. The summed E-state index contributed by atoms with van der Waals surface area (Å²) >= 11 is 0. The molecule has 2 aliphatic heterocycles. The first-order valence-electron chi connectivity index (χ1n) is 11.0. The summed E-state index contributed by atoms with van der Waals surface area (Å²) in [5, 5.41) is 2.66. The van der Waals surface area contributed by atoms with Crippen LogP contribution in [0.15, 0.2) is 66.7 Å². The van der Waals surface area contributed by atoms with Gasteiger partial charge in [-0.15, -0.1) is 0 Å². The van der Waals surface area contributed by atoms with Gasteiger partial charge < -0.3 is 4.90 Å². The summed E-state index contributed by atoms with van der Waals surface area (Å²) < 4.78 is 0. The van der Waals surface area contributed by atoms with Crippen molar-refractivity contribution in [3.8, 4) is 0 Å². The fourth-order valence-corrected chi connectivity index (χ4v) is 4.78. The van der Waals surface area contributed by atoms with Gasteiger partial charge in [0.1, 0.15) is 0 Å². The topological polar surface area (TPSA) is 26.8 Å². The van der Waals surface area contributed by atoms with E-state index >= 15 is 0 Å². The smallest absolute Gasteiger partial charge is 0.237 e. The van der Waals surface area contributed by atoms with E-state index < -0.39 is 0 Å². The van der Waals surface area contributed by atoms with Gasteiger partial charge in [-0.2, -0.15) is 0 Å². The quantitative estimate of drug-likeness (QED) is 0.671. The van der Waals surface area contributed by atoms with Crippen molar-refractivity contribution in [3.63, 3.8) is 0 Å². The van der Waals surface area contributed by atoms with Crippen LogP contribution in [0.4, 0.5) is 0 Å². The third kappa shape index (κ3) is 4.11. The molecule has 5 rings (SSSR count). The van der Waals surface area contributed by atoms with Gasteiger partial charge in [0.05, 0.1) is 6.54 Å². The molecule has 30 heavy (non-hydrogen) atoms. The second-order valence-electron chi connectivity index (χ2n) is 8.52. The van der Waals surface area contributed by atoms with Crippen molar-refractivity contribution in [2.24, 2.45) is 0 Å². The fraction of sp³-hybridized carbons (Fsp3) is 0.346. The van der Waals surface area contributed by atoms with E-state index in [0.29, 0.717) is 6.54 Å². The summed E-state index contributed by atoms with van der Waals surface area (Å²) in [5.74, 6) is 0.270. The number of amides is 1. The number of hydrogen-bond donors (Lipinski definition) is 0. The van der Waals surface area contributed by atoms with E-state index in [1.807, 2.05) is 4.90 Å². The van der Waals surface area contributed by atoms with Gasteiger partial charge in [-0.1, -0.05) is 66.7 Å². The Bertz CT molecular complexity index is 1030. The van der Waals surface area contributed by atoms with Crippen LogP contribution >= 0.6 is 0 Å². The molecule has 0 bridgehead atoms. The van der Waals surface area contributed by atoms with E-state index in [1.165, 1.54) is 27.5 Å². The van der Waals surface area contributed by atoms with E-state index in [1.54, 1.807) is 0 Å². The highest BCUT2D eigenvalue weighted by atomic mass is 16.2. The lowest BCUT2D eigenvalue weighted by Crippen LogP contribution is -2.50. The molecule has 2 heterocycles. The predicted molar refractivity (Wildman–Crippen MR) is 121 cm³/mol. The molecule has 0 atom stereocenters. The maximum Gasteiger partial charge on any atom is 0.237 e. The molecule has 0 N–H and O–H groups in total. The molecule has 0 saturated carbocycles. The Morgan fingerprint density at radius 2 is 1.43 bits per heavy atom. The lowest BCUT2D eigenvalue weighted by atomic mass is 10.00. The van der Waals surface area contributed by atoms with Crippen molar-refractivity contribution in [1.82, 2.24) is 14.7 Å². The number of piperazine rings is 1. The van der Waals surface area contributed by atoms with Gasteiger partial charge in [0.25, 0.3) is 0 Å². The Labute approximate surface area is 178 Å². The monoisotopic (exact) mass is 399 g/mol. The molecule has 154 valence electrons. The van der Waals surface area contributed by atoms with Crippen molar-refractivity contribution >= 4 is 16.7 Å². The highest BCUT2D eigenvalue weighted by Crippen LogP contribution is 2.21. The van der Waals surface area contributed by atoms with E-state index in [4.69, 9.17) is 0 Å². The van der Waals surface area contributed by atoms with Crippen LogP contribution in [0.25, 0.3) is 10.8 Å². The van der Waals surface area contributed by atoms with Crippen LogP contribution < -0.4 is 0 Å². The van der Waals surface area contributed by atoms with Gasteiger partial charge in [-0.05, 0) is 33.9 Å². The van der Waals surface area contributed by atoms with Gasteiger partial charge >= 0.3 is 0 Å². The van der Waals surface area contributed by atoms with Crippen molar-refractivity contribution in [2.45, 2.75) is 19.5 Å². The van der Waals surface area contributed by atoms with Crippen LogP contribution in [0.1, 0.15) is 16.7 Å². The molecule has 2 aliphatic rings. The first-order valence-corrected chi connectivity index (χ1v) is 11.0. The zero-order valence-electron chi connectivity index (χ0n) is 17.5. The molecular formula is C26H29N3O. The zero-order chi connectivity index (χ0) is 20.3. The number of fused-ring (bicyclic) bond motifs is 2. The number of benzene rings is 3. The summed E-state index contributed by atoms with van der Waals surface area (Å²) in [4.78, 5) is 19.7. The molecule has 1 fully saturated rings. The van der Waals surface area contributed by atoms with Crippen LogP contribution in [0, 0.1) is 0 Å². The molecular weight excluding hydrogens is 370 g/mol. The maximum atomic E-state index is 12.9. The number of hydrogen-bond acceptors (Lipinski definition) is 3. The molecule has 4 nitrogen and oxygen atoms in total. The van der Waals surface area contributed by atoms with Gasteiger partial charge in [-0.25, -0.2) is 0 Å². The summed E-state index contributed by atoms with van der Waals surface area (Å²) in [5.41, 5.74) is 4.09. The van der Waals surface area contributed by atoms with E-state index in [-0.39, 0.29) is 5.91 Å². The molecule has 3 aromatic carbocycles. The minimum atomic E-state index is 0.270. The Hall–Kier alpha value is -2.69. The Kier molecular flexibility index (Phi) is 5.52. The molecule has 3 aromatic rings. The van der Waals surface area contributed by atoms with E-state index in [0.717, 1.165) is 52.2 Å². The number of rotatable bonds is 4. The standard InChI is InChI=1S/C26H29N3O/c30-26(29-13-12-21-6-1-2-8-23(21)19-29)20-28-16-14-27(15-17-28)18-24-10-5-9-22-7-3-4-11-25(22)24/h1-11H,12-20H2. The fourth-order valence-electron chi connectivity index (χ4n) is 4.78. The SMILES string of the molecule is O=C(CN1CCN(Cc2cccc3ccccc23)CC1)N1CCc2ccccc2C1. The second-order valence-corrected chi connectivity index (χ2v) is 8.52. The summed E-state index contributed by atoms with van der Waals surface area (Å²) in [7, 11) is 0. The third-order valence-electron chi connectivity index (χ3n) is 6.58. The number of carbonyl (C=O) groups is 1. The van der Waals surface area contributed by atoms with Gasteiger partial charge in [0, 0.05) is 45.8 Å². The molecule has 4 heteroatoms. The number of carbonyl (C=O) groups excluding carboxylic acids is 1. The lowest BCUT2D eigenvalue weighted by molar-refractivity contribution is -0.133. The summed E-state index contributed by atoms with van der Waals surface area (Å²) in [6.45, 7) is 7.07. The first kappa shape index (κ1) is 19.3. The first-order chi connectivity index (χ1) is 14.8. The third-order valence-corrected chi connectivity index (χ3v) is 6.58. The van der Waals surface area contributed by atoms with Crippen molar-refractivity contribution in [2.75, 3.05) is 39.3 Å². The highest BCUT2D eigenvalue weighted by Gasteiger charge is 2.24. The highest BCUT2D eigenvalue weighted by molar-refractivity contribution is 5.85. The van der Waals surface area contributed by atoms with Gasteiger partial charge in [0.2, 0.25) is 5.91 Å². The lowest BCUT2D eigenvalue weighted by Gasteiger charge is -2.36. The average molecular weight is 400 g/mol. The maximum absolute atomic E-state index is 12.9. The summed E-state index contributed by atoms with van der Waals surface area (Å²) in [6, 6.07) is 23.7. The van der Waals surface area contributed by atoms with Crippen LogP contribution in [0.3, 0.4) is 0 Å². The average Bonchev–Trinajstić information content (AvgIpc) is 2.80.